The van der Waals surface area contributed by atoms with Crippen molar-refractivity contribution < 1.29 is 24.3 Å². The average Bonchev–Trinajstić information content (AvgIpc) is 2.69. The Labute approximate surface area is 155 Å². The van der Waals surface area contributed by atoms with E-state index in [-0.39, 0.29) is 25.2 Å². The Morgan fingerprint density at radius 3 is 2.08 bits per heavy atom. The fourth-order valence-electron chi connectivity index (χ4n) is 3.18. The Hall–Kier alpha value is -1.88. The van der Waals surface area contributed by atoms with E-state index in [1.807, 2.05) is 27.7 Å². The number of rotatable bonds is 8. The van der Waals surface area contributed by atoms with E-state index < -0.39 is 40.6 Å². The van der Waals surface area contributed by atoms with Crippen molar-refractivity contribution in [1.29, 1.82) is 0 Å². The highest BCUT2D eigenvalue weighted by molar-refractivity contribution is 6.33. The molecular formula is C21H30O5. The van der Waals surface area contributed by atoms with Crippen molar-refractivity contribution in [3.05, 3.63) is 23.3 Å². The summed E-state index contributed by atoms with van der Waals surface area (Å²) in [6.45, 7) is 10.9. The fourth-order valence-corrected chi connectivity index (χ4v) is 3.18. The summed E-state index contributed by atoms with van der Waals surface area (Å²) in [5, 5.41) is 11.0. The van der Waals surface area contributed by atoms with Crippen molar-refractivity contribution in [3.8, 4) is 0 Å². The number of aliphatic hydroxyl groups is 1. The number of carbonyl (C=O) groups is 4. The van der Waals surface area contributed by atoms with Crippen LogP contribution in [0.4, 0.5) is 0 Å². The second-order valence-corrected chi connectivity index (χ2v) is 8.01. The van der Waals surface area contributed by atoms with Crippen LogP contribution in [0.2, 0.25) is 0 Å². The van der Waals surface area contributed by atoms with Crippen molar-refractivity contribution in [2.45, 2.75) is 66.4 Å². The van der Waals surface area contributed by atoms with E-state index in [0.717, 1.165) is 11.1 Å². The highest BCUT2D eigenvalue weighted by Gasteiger charge is 2.64. The largest absolute Gasteiger partial charge is 0.374 e. The van der Waals surface area contributed by atoms with Crippen molar-refractivity contribution in [1.82, 2.24) is 0 Å². The van der Waals surface area contributed by atoms with E-state index in [1.54, 1.807) is 26.0 Å². The molecule has 5 heteroatoms. The van der Waals surface area contributed by atoms with Gasteiger partial charge in [-0.1, -0.05) is 37.1 Å². The number of allylic oxidation sites excluding steroid dienone is 4. The third-order valence-corrected chi connectivity index (χ3v) is 4.58. The van der Waals surface area contributed by atoms with Gasteiger partial charge in [-0.3, -0.25) is 19.2 Å². The van der Waals surface area contributed by atoms with Gasteiger partial charge in [-0.05, 0) is 40.0 Å². The third-order valence-electron chi connectivity index (χ3n) is 4.58. The Morgan fingerprint density at radius 1 is 1.08 bits per heavy atom. The maximum absolute atomic E-state index is 12.8. The summed E-state index contributed by atoms with van der Waals surface area (Å²) >= 11 is 0. The lowest BCUT2D eigenvalue weighted by Crippen LogP contribution is -2.49. The highest BCUT2D eigenvalue weighted by atomic mass is 16.3. The van der Waals surface area contributed by atoms with Gasteiger partial charge < -0.3 is 5.11 Å². The third kappa shape index (κ3) is 4.64. The molecule has 0 aromatic carbocycles. The van der Waals surface area contributed by atoms with Crippen LogP contribution < -0.4 is 0 Å². The smallest absolute Gasteiger partial charge is 0.192 e. The van der Waals surface area contributed by atoms with Crippen LogP contribution in [0.5, 0.6) is 0 Å². The quantitative estimate of drug-likeness (QED) is 0.530. The van der Waals surface area contributed by atoms with Crippen LogP contribution in [0.1, 0.15) is 60.8 Å². The second-order valence-electron chi connectivity index (χ2n) is 8.01. The molecular weight excluding hydrogens is 332 g/mol. The van der Waals surface area contributed by atoms with Crippen molar-refractivity contribution in [2.24, 2.45) is 17.8 Å². The Morgan fingerprint density at radius 2 is 1.62 bits per heavy atom. The zero-order valence-corrected chi connectivity index (χ0v) is 16.6. The van der Waals surface area contributed by atoms with Crippen LogP contribution in [0.15, 0.2) is 23.3 Å². The zero-order valence-electron chi connectivity index (χ0n) is 16.6. The number of hydrogen-bond acceptors (Lipinski definition) is 5. The topological polar surface area (TPSA) is 88.5 Å². The lowest BCUT2D eigenvalue weighted by atomic mass is 9.81. The summed E-state index contributed by atoms with van der Waals surface area (Å²) in [4.78, 5) is 50.8. The van der Waals surface area contributed by atoms with E-state index >= 15 is 0 Å². The van der Waals surface area contributed by atoms with Gasteiger partial charge in [0.15, 0.2) is 28.7 Å². The summed E-state index contributed by atoms with van der Waals surface area (Å²) in [7, 11) is 0. The predicted octanol–water partition coefficient (Wildman–Crippen LogP) is 3.00. The Kier molecular flexibility index (Phi) is 7.39. The molecule has 1 N–H and O–H groups in total. The van der Waals surface area contributed by atoms with Gasteiger partial charge in [-0.15, -0.1) is 0 Å². The predicted molar refractivity (Wildman–Crippen MR) is 99.5 cm³/mol. The van der Waals surface area contributed by atoms with Crippen molar-refractivity contribution >= 4 is 23.1 Å². The van der Waals surface area contributed by atoms with Gasteiger partial charge in [0.25, 0.3) is 0 Å². The standard InChI is InChI=1S/C21H30O5/c1-12(2)7-9-15-19(24)18(16(22)11-14(5)6)20(25)21(15,26)17(23)10-8-13(3)4/h7-8,14-15,18,26H,9-11H2,1-6H3/t15-,18?,21-/m0/s1. The summed E-state index contributed by atoms with van der Waals surface area (Å²) in [5.41, 5.74) is -0.653. The molecule has 1 fully saturated rings. The summed E-state index contributed by atoms with van der Waals surface area (Å²) in [6.07, 6.45) is 3.31. The van der Waals surface area contributed by atoms with Crippen LogP contribution in [-0.4, -0.2) is 33.8 Å². The van der Waals surface area contributed by atoms with Gasteiger partial charge in [0.1, 0.15) is 5.92 Å². The Bertz CT molecular complexity index is 660. The molecule has 0 aromatic heterocycles. The molecule has 3 atom stereocenters. The van der Waals surface area contributed by atoms with Crippen molar-refractivity contribution in [2.75, 3.05) is 0 Å². The van der Waals surface area contributed by atoms with E-state index in [4.69, 9.17) is 0 Å². The average molecular weight is 362 g/mol. The maximum atomic E-state index is 12.8. The lowest BCUT2D eigenvalue weighted by Gasteiger charge is -2.25. The molecule has 1 rings (SSSR count). The molecule has 0 saturated heterocycles. The lowest BCUT2D eigenvalue weighted by molar-refractivity contribution is -0.153. The van der Waals surface area contributed by atoms with Crippen LogP contribution >= 0.6 is 0 Å². The minimum atomic E-state index is -2.42. The molecule has 0 spiro atoms. The number of hydrogen-bond donors (Lipinski definition) is 1. The molecule has 1 unspecified atom stereocenters. The monoisotopic (exact) mass is 362 g/mol. The van der Waals surface area contributed by atoms with Gasteiger partial charge in [-0.2, -0.15) is 0 Å². The first-order valence-electron chi connectivity index (χ1n) is 9.06. The van der Waals surface area contributed by atoms with E-state index in [2.05, 4.69) is 0 Å². The first-order chi connectivity index (χ1) is 11.9. The van der Waals surface area contributed by atoms with Gasteiger partial charge in [0.05, 0.1) is 5.92 Å². The van der Waals surface area contributed by atoms with Gasteiger partial charge in [-0.25, -0.2) is 0 Å². The summed E-state index contributed by atoms with van der Waals surface area (Å²) in [5.74, 6) is -5.57. The molecule has 1 aliphatic carbocycles. The van der Waals surface area contributed by atoms with E-state index in [9.17, 15) is 24.3 Å². The molecule has 144 valence electrons. The van der Waals surface area contributed by atoms with E-state index in [1.165, 1.54) is 0 Å². The second kappa shape index (κ2) is 8.67. The molecule has 5 nitrogen and oxygen atoms in total. The summed E-state index contributed by atoms with van der Waals surface area (Å²) < 4.78 is 0. The zero-order chi connectivity index (χ0) is 20.2. The SMILES string of the molecule is CC(C)=CCC(=O)[C@]1(O)C(=O)C(C(=O)CC(C)C)C(=O)[C@@H]1CC=C(C)C. The molecule has 0 bridgehead atoms. The number of carbonyl (C=O) groups excluding carboxylic acids is 4. The van der Waals surface area contributed by atoms with Crippen molar-refractivity contribution in [3.63, 3.8) is 0 Å². The maximum Gasteiger partial charge on any atom is 0.192 e. The molecule has 1 aliphatic rings. The number of ketones is 4. The van der Waals surface area contributed by atoms with Crippen LogP contribution in [0, 0.1) is 17.8 Å². The Balaban J connectivity index is 3.32. The molecule has 0 radical (unpaired) electrons. The molecule has 0 heterocycles. The summed E-state index contributed by atoms with van der Waals surface area (Å²) in [6, 6.07) is 0. The first kappa shape index (κ1) is 22.2. The minimum absolute atomic E-state index is 0.0191. The normalized spacial score (nSPS) is 25.4. The van der Waals surface area contributed by atoms with Crippen LogP contribution in [-0.2, 0) is 19.2 Å². The van der Waals surface area contributed by atoms with Gasteiger partial charge >= 0.3 is 0 Å². The molecule has 0 aromatic rings. The van der Waals surface area contributed by atoms with Crippen LogP contribution in [0.25, 0.3) is 0 Å². The molecule has 1 saturated carbocycles. The molecule has 26 heavy (non-hydrogen) atoms. The van der Waals surface area contributed by atoms with Crippen LogP contribution in [0.3, 0.4) is 0 Å². The number of Topliss-reactive ketones (excluding diaryl/α,β-unsaturated/α-hetero) is 4. The fraction of sp³-hybridized carbons (Fsp3) is 0.619. The van der Waals surface area contributed by atoms with E-state index in [0.29, 0.717) is 0 Å². The molecule has 0 amide bonds. The minimum Gasteiger partial charge on any atom is -0.374 e. The van der Waals surface area contributed by atoms with Gasteiger partial charge in [0.2, 0.25) is 0 Å². The highest BCUT2D eigenvalue weighted by Crippen LogP contribution is 2.39. The first-order valence-corrected chi connectivity index (χ1v) is 9.06. The van der Waals surface area contributed by atoms with Gasteiger partial charge in [0, 0.05) is 12.8 Å². The molecule has 0 aliphatic heterocycles.